The second kappa shape index (κ2) is 65.4. The van der Waals surface area contributed by atoms with Crippen LogP contribution in [-0.2, 0) is 14.3 Å². The molecule has 11 heteroatoms. The van der Waals surface area contributed by atoms with Gasteiger partial charge >= 0.3 is 0 Å². The molecule has 8 N–H and O–H groups in total. The monoisotopic (exact) mass is 1250 g/mol. The first-order valence-corrected chi connectivity index (χ1v) is 38.4. The average molecular weight is 1250 g/mol. The van der Waals surface area contributed by atoms with Crippen LogP contribution in [0.1, 0.15) is 380 Å². The van der Waals surface area contributed by atoms with E-state index in [0.29, 0.717) is 19.3 Å². The highest BCUT2D eigenvalue weighted by atomic mass is 16.7. The Morgan fingerprint density at radius 2 is 0.682 bits per heavy atom. The molecule has 11 nitrogen and oxygen atoms in total. The second-order valence-corrected chi connectivity index (χ2v) is 27.1. The molecule has 1 aliphatic rings. The molecule has 9 atom stereocenters. The van der Waals surface area contributed by atoms with Crippen molar-refractivity contribution in [2.75, 3.05) is 13.2 Å². The zero-order valence-electron chi connectivity index (χ0n) is 57.7. The van der Waals surface area contributed by atoms with Crippen LogP contribution in [-0.4, -0.2) is 110 Å². The maximum absolute atomic E-state index is 13.3. The van der Waals surface area contributed by atoms with Gasteiger partial charge in [-0.2, -0.15) is 0 Å². The zero-order chi connectivity index (χ0) is 63.9. The van der Waals surface area contributed by atoms with E-state index in [0.717, 1.165) is 44.9 Å². The molecule has 0 aromatic carbocycles. The van der Waals surface area contributed by atoms with Crippen LogP contribution in [0.15, 0.2) is 36.5 Å². The molecule has 0 aromatic heterocycles. The summed E-state index contributed by atoms with van der Waals surface area (Å²) in [5.41, 5.74) is 0. The van der Waals surface area contributed by atoms with Crippen molar-refractivity contribution in [3.63, 3.8) is 0 Å². The molecule has 0 aromatic rings. The number of amides is 1. The number of aliphatic hydroxyl groups excluding tert-OH is 7. The van der Waals surface area contributed by atoms with E-state index in [4.69, 9.17) is 9.47 Å². The SMILES string of the molecule is CCCCCCCCCCCC/C=C/CC/C=C/CC/C=C/CCCC(O)C(O)C(COC1OC(CO)C(O)C(O)C1O)NC(=O)C(O)CCCCCCCCCCCCCCCCCCCCCCCCCCCCCCCCCCCCCCCC. The van der Waals surface area contributed by atoms with E-state index in [-0.39, 0.29) is 12.8 Å². The predicted molar refractivity (Wildman–Crippen MR) is 372 cm³/mol. The fourth-order valence-corrected chi connectivity index (χ4v) is 12.5. The number of carbonyl (C=O) groups excluding carboxylic acids is 1. The van der Waals surface area contributed by atoms with E-state index < -0.39 is 74.2 Å². The average Bonchev–Trinajstić information content (AvgIpc) is 2.77. The largest absolute Gasteiger partial charge is 0.394 e. The Labute approximate surface area is 543 Å². The smallest absolute Gasteiger partial charge is 0.249 e. The van der Waals surface area contributed by atoms with Crippen molar-refractivity contribution < 1.29 is 50.0 Å². The minimum Gasteiger partial charge on any atom is -0.394 e. The molecule has 1 fully saturated rings. The number of rotatable bonds is 68. The van der Waals surface area contributed by atoms with Crippen molar-refractivity contribution in [2.45, 2.75) is 435 Å². The normalized spacial score (nSPS) is 18.8. The topological polar surface area (TPSA) is 189 Å². The lowest BCUT2D eigenvalue weighted by atomic mass is 9.98. The summed E-state index contributed by atoms with van der Waals surface area (Å²) >= 11 is 0. The molecule has 1 amide bonds. The zero-order valence-corrected chi connectivity index (χ0v) is 57.7. The minimum atomic E-state index is -1.67. The van der Waals surface area contributed by atoms with Crippen molar-refractivity contribution in [1.29, 1.82) is 0 Å². The van der Waals surface area contributed by atoms with E-state index in [9.17, 15) is 40.5 Å². The predicted octanol–water partition coefficient (Wildman–Crippen LogP) is 19.3. The Kier molecular flexibility index (Phi) is 62.7. The van der Waals surface area contributed by atoms with Crippen LogP contribution in [0.3, 0.4) is 0 Å². The van der Waals surface area contributed by atoms with Crippen LogP contribution in [0.25, 0.3) is 0 Å². The summed E-state index contributed by atoms with van der Waals surface area (Å²) in [7, 11) is 0. The van der Waals surface area contributed by atoms with E-state index in [1.54, 1.807) is 0 Å². The second-order valence-electron chi connectivity index (χ2n) is 27.1. The molecule has 88 heavy (non-hydrogen) atoms. The molecule has 0 bridgehead atoms. The Hall–Kier alpha value is -1.67. The van der Waals surface area contributed by atoms with E-state index >= 15 is 0 Å². The molecule has 0 radical (unpaired) electrons. The molecule has 520 valence electrons. The molecule has 0 aliphatic carbocycles. The summed E-state index contributed by atoms with van der Waals surface area (Å²) in [5.74, 6) is -0.705. The Morgan fingerprint density at radius 3 is 1.01 bits per heavy atom. The summed E-state index contributed by atoms with van der Waals surface area (Å²) in [6.07, 6.45) is 74.1. The Morgan fingerprint density at radius 1 is 0.386 bits per heavy atom. The van der Waals surface area contributed by atoms with Crippen molar-refractivity contribution >= 4 is 5.91 Å². The van der Waals surface area contributed by atoms with Gasteiger partial charge in [-0.25, -0.2) is 0 Å². The van der Waals surface area contributed by atoms with Gasteiger partial charge in [0.25, 0.3) is 0 Å². The number of ether oxygens (including phenoxy) is 2. The highest BCUT2D eigenvalue weighted by Gasteiger charge is 2.44. The molecule has 1 heterocycles. The first-order valence-electron chi connectivity index (χ1n) is 38.4. The van der Waals surface area contributed by atoms with Crippen LogP contribution < -0.4 is 5.32 Å². The van der Waals surface area contributed by atoms with Crippen molar-refractivity contribution in [1.82, 2.24) is 5.32 Å². The fourth-order valence-electron chi connectivity index (χ4n) is 12.5. The highest BCUT2D eigenvalue weighted by molar-refractivity contribution is 5.80. The molecule has 1 saturated heterocycles. The van der Waals surface area contributed by atoms with Crippen LogP contribution in [0.5, 0.6) is 0 Å². The first-order chi connectivity index (χ1) is 43.2. The standard InChI is InChI=1S/C77H147NO10/c1-3-5-7-9-11-13-15-17-19-21-23-25-27-28-29-30-31-32-33-34-35-36-37-38-39-40-41-43-45-47-49-51-53-55-57-59-61-63-65-70(81)76(86)78-68(67-87-77-75(85)74(84)73(83)71(66-79)88-77)72(82)69(80)64-62-60-58-56-54-52-50-48-46-44-42-26-24-22-20-18-16-14-12-10-8-6-4-2/h26,42,48,50,56,58,68-75,77,79-85H,3-25,27-41,43-47,49,51-55,57,59-67H2,1-2H3,(H,78,86)/b42-26+,50-48+,58-56+. The van der Waals surface area contributed by atoms with Crippen molar-refractivity contribution in [2.24, 2.45) is 0 Å². The molecule has 1 rings (SSSR count). The summed E-state index contributed by atoms with van der Waals surface area (Å²) < 4.78 is 11.2. The lowest BCUT2D eigenvalue weighted by Gasteiger charge is -2.40. The number of allylic oxidation sites excluding steroid dienone is 6. The van der Waals surface area contributed by atoms with Gasteiger partial charge in [0.05, 0.1) is 25.4 Å². The van der Waals surface area contributed by atoms with Crippen LogP contribution in [0.2, 0.25) is 0 Å². The number of hydrogen-bond acceptors (Lipinski definition) is 10. The fraction of sp³-hybridized carbons (Fsp3) is 0.909. The lowest BCUT2D eigenvalue weighted by molar-refractivity contribution is -0.303. The van der Waals surface area contributed by atoms with Crippen molar-refractivity contribution in [3.05, 3.63) is 36.5 Å². The summed E-state index contributed by atoms with van der Waals surface area (Å²) in [4.78, 5) is 13.3. The Balaban J connectivity index is 2.13. The van der Waals surface area contributed by atoms with Gasteiger partial charge in [-0.05, 0) is 64.2 Å². The maximum atomic E-state index is 13.3. The third-order valence-corrected chi connectivity index (χ3v) is 18.7. The van der Waals surface area contributed by atoms with Gasteiger partial charge in [0.1, 0.15) is 36.6 Å². The van der Waals surface area contributed by atoms with Gasteiger partial charge in [-0.1, -0.05) is 352 Å². The molecule has 9 unspecified atom stereocenters. The third-order valence-electron chi connectivity index (χ3n) is 18.7. The van der Waals surface area contributed by atoms with Gasteiger partial charge in [0, 0.05) is 0 Å². The number of nitrogens with one attached hydrogen (secondary N) is 1. The van der Waals surface area contributed by atoms with E-state index in [1.807, 2.05) is 0 Å². The summed E-state index contributed by atoms with van der Waals surface area (Å²) in [6.45, 7) is 3.49. The molecular formula is C77H147NO10. The maximum Gasteiger partial charge on any atom is 0.249 e. The quantitative estimate of drug-likeness (QED) is 0.0215. The summed E-state index contributed by atoms with van der Waals surface area (Å²) in [6, 6.07) is -1.19. The van der Waals surface area contributed by atoms with Crippen LogP contribution in [0, 0.1) is 0 Å². The Bertz CT molecular complexity index is 1530. The number of unbranched alkanes of at least 4 members (excludes halogenated alkanes) is 50. The molecular weight excluding hydrogens is 1100 g/mol. The third kappa shape index (κ3) is 51.8. The number of hydrogen-bond donors (Lipinski definition) is 8. The van der Waals surface area contributed by atoms with Gasteiger partial charge in [0.2, 0.25) is 5.91 Å². The van der Waals surface area contributed by atoms with Gasteiger partial charge < -0.3 is 50.5 Å². The van der Waals surface area contributed by atoms with E-state index in [2.05, 4.69) is 55.6 Å². The van der Waals surface area contributed by atoms with Gasteiger partial charge in [-0.15, -0.1) is 0 Å². The lowest BCUT2D eigenvalue weighted by Crippen LogP contribution is -2.60. The van der Waals surface area contributed by atoms with Crippen LogP contribution in [0.4, 0.5) is 0 Å². The van der Waals surface area contributed by atoms with Crippen LogP contribution >= 0.6 is 0 Å². The summed E-state index contributed by atoms with van der Waals surface area (Å²) in [5, 5.41) is 76.5. The minimum absolute atomic E-state index is 0.243. The molecule has 0 spiro atoms. The van der Waals surface area contributed by atoms with E-state index in [1.165, 1.54) is 289 Å². The van der Waals surface area contributed by atoms with Gasteiger partial charge in [0.15, 0.2) is 6.29 Å². The highest BCUT2D eigenvalue weighted by Crippen LogP contribution is 2.24. The molecule has 1 aliphatic heterocycles. The number of aliphatic hydroxyl groups is 7. The molecule has 0 saturated carbocycles. The van der Waals surface area contributed by atoms with Gasteiger partial charge in [-0.3, -0.25) is 4.79 Å². The number of carbonyl (C=O) groups is 1. The van der Waals surface area contributed by atoms with Crippen molar-refractivity contribution in [3.8, 4) is 0 Å². The first kappa shape index (κ1) is 84.3.